The predicted molar refractivity (Wildman–Crippen MR) is 218 cm³/mol. The number of hydrogen-bond acceptors (Lipinski definition) is 27. The van der Waals surface area contributed by atoms with E-state index in [4.69, 9.17) is 59.0 Å². The number of hydrogen-bond donors (Lipinski definition) is 8. The van der Waals surface area contributed by atoms with E-state index in [1.807, 2.05) is 0 Å². The molecule has 0 aliphatic carbocycles. The Kier molecular flexibility index (Phi) is 12.9. The zero-order valence-electron chi connectivity index (χ0n) is 34.4. The molecule has 2 unspecified atom stereocenters. The van der Waals surface area contributed by atoms with Crippen molar-refractivity contribution in [3.63, 3.8) is 0 Å². The van der Waals surface area contributed by atoms with Gasteiger partial charge in [-0.2, -0.15) is 0 Å². The van der Waals surface area contributed by atoms with Crippen LogP contribution in [0.5, 0.6) is 0 Å². The van der Waals surface area contributed by atoms with Crippen molar-refractivity contribution in [1.29, 1.82) is 0 Å². The van der Waals surface area contributed by atoms with Gasteiger partial charge in [-0.15, -0.1) is 0 Å². The third kappa shape index (κ3) is 8.89. The molecule has 11 N–H and O–H groups in total. The molecule has 6 aromatic heterocycles. The number of methoxy groups -OCH3 is 1. The number of aliphatic hydroxyl groups excluding tert-OH is 3. The van der Waals surface area contributed by atoms with Gasteiger partial charge < -0.3 is 66.0 Å². The van der Waals surface area contributed by atoms with E-state index in [-0.39, 0.29) is 70.4 Å². The van der Waals surface area contributed by atoms with Gasteiger partial charge in [0.2, 0.25) is 0 Å². The van der Waals surface area contributed by atoms with Crippen molar-refractivity contribution in [2.45, 2.75) is 80.0 Å². The van der Waals surface area contributed by atoms with Gasteiger partial charge in [0.25, 0.3) is 6.47 Å². The molecular weight excluding hydrogens is 940 g/mol. The minimum Gasteiger partial charge on any atom is -0.468 e. The summed E-state index contributed by atoms with van der Waals surface area (Å²) < 4.78 is 81.7. The van der Waals surface area contributed by atoms with Gasteiger partial charge in [-0.3, -0.25) is 36.6 Å². The maximum Gasteiger partial charge on any atom is 0.472 e. The van der Waals surface area contributed by atoms with E-state index in [0.29, 0.717) is 0 Å². The highest BCUT2D eigenvalue weighted by molar-refractivity contribution is 7.47. The normalized spacial score (nSPS) is 30.6. The van der Waals surface area contributed by atoms with Crippen molar-refractivity contribution >= 4 is 73.1 Å². The van der Waals surface area contributed by atoms with Gasteiger partial charge in [0, 0.05) is 13.5 Å². The highest BCUT2D eigenvalue weighted by atomic mass is 31.2. The Morgan fingerprint density at radius 2 is 1.04 bits per heavy atom. The third-order valence-electron chi connectivity index (χ3n) is 11.1. The minimum atomic E-state index is -5.30. The zero-order chi connectivity index (χ0) is 47.4. The molecule has 0 amide bonds. The van der Waals surface area contributed by atoms with Crippen molar-refractivity contribution < 1.29 is 80.8 Å². The van der Waals surface area contributed by atoms with Crippen molar-refractivity contribution in [2.24, 2.45) is 0 Å². The Morgan fingerprint density at radius 3 is 1.54 bits per heavy atom. The molecule has 360 valence electrons. The summed E-state index contributed by atoms with van der Waals surface area (Å²) in [6.07, 6.45) is -10.5. The molecular formula is C33H41N15O17P2. The third-order valence-corrected chi connectivity index (χ3v) is 13.1. The van der Waals surface area contributed by atoms with Crippen LogP contribution in [0.1, 0.15) is 25.1 Å². The number of nitrogen functional groups attached to an aromatic ring is 3. The molecule has 0 spiro atoms. The van der Waals surface area contributed by atoms with Crippen LogP contribution in [0.2, 0.25) is 0 Å². The lowest BCUT2D eigenvalue weighted by atomic mass is 10.1. The maximum absolute atomic E-state index is 13.8. The van der Waals surface area contributed by atoms with Crippen molar-refractivity contribution in [1.82, 2.24) is 58.6 Å². The highest BCUT2D eigenvalue weighted by Gasteiger charge is 2.53. The molecule has 9 heterocycles. The lowest BCUT2D eigenvalue weighted by molar-refractivity contribution is -0.130. The molecule has 32 nitrogen and oxygen atoms in total. The number of aliphatic hydroxyl groups is 3. The van der Waals surface area contributed by atoms with Gasteiger partial charge in [-0.1, -0.05) is 0 Å². The molecule has 3 fully saturated rings. The number of rotatable bonds is 18. The number of ether oxygens (including phenoxy) is 5. The van der Waals surface area contributed by atoms with Crippen LogP contribution in [0.4, 0.5) is 17.5 Å². The van der Waals surface area contributed by atoms with Crippen molar-refractivity contribution in [3.05, 3.63) is 38.0 Å². The fraction of sp³-hybridized carbons (Fsp3) is 0.515. The SMILES string of the molecule is CO[C@H]1[C@@H](OP(=O)(O)OC[C@H]2O[C@@H](n3cnc4c(N)ncnc43)[C@H](OP(=O)(O)OC[C@H]3O[C@@H](n4cnc5c(N)ncnc54)[C@H](O)[C@@H]3O)[C@@H]2O)[C@H](n2cnc3c(N)ncnc32)O[C@@H]1CCOC=O. The number of nitrogens with zero attached hydrogens (tertiary/aromatic N) is 12. The second kappa shape index (κ2) is 18.5. The maximum atomic E-state index is 13.8. The van der Waals surface area contributed by atoms with Gasteiger partial charge in [-0.05, 0) is 0 Å². The standard InChI is InChI=1S/C33H41N15O17P2/c1-57-22-13(2-3-58-12-49)61-33(48-11-45-18-27(36)39-8-42-30(18)48)24(22)65-67(55,56)60-5-15-20(51)23(32(63-15)47-10-44-17-26(35)38-7-41-29(17)47)64-66(53,54)59-4-14-19(50)21(52)31(62-14)46-9-43-16-25(34)37-6-40-28(16)46/h6-15,19-24,31-33,50-52H,2-5H2,1H3,(H,53,54)(H,55,56)(H2,34,37,40)(H2,35,38,41)(H2,36,39,42)/t13-,14-,15-,19-,20-,21-,22-,23-,24-,31-,32-,33-/m1/s1. The summed E-state index contributed by atoms with van der Waals surface area (Å²) >= 11 is 0. The fourth-order valence-corrected chi connectivity index (χ4v) is 9.82. The lowest BCUT2D eigenvalue weighted by Crippen LogP contribution is -2.37. The molecule has 14 atom stereocenters. The second-order valence-electron chi connectivity index (χ2n) is 15.0. The quantitative estimate of drug-likeness (QED) is 0.0253. The van der Waals surface area contributed by atoms with Crippen LogP contribution in [0.3, 0.4) is 0 Å². The number of nitrogens with two attached hydrogens (primary N) is 3. The number of phosphoric acid groups is 2. The van der Waals surface area contributed by atoms with Gasteiger partial charge in [0.05, 0.1) is 44.9 Å². The molecule has 3 saturated heterocycles. The molecule has 3 aliphatic heterocycles. The van der Waals surface area contributed by atoms with E-state index in [2.05, 4.69) is 44.9 Å². The molecule has 9 rings (SSSR count). The predicted octanol–water partition coefficient (Wildman–Crippen LogP) is -2.39. The summed E-state index contributed by atoms with van der Waals surface area (Å²) in [6, 6.07) is 0. The molecule has 34 heteroatoms. The van der Waals surface area contributed by atoms with Crippen LogP contribution in [0, 0.1) is 0 Å². The highest BCUT2D eigenvalue weighted by Crippen LogP contribution is 2.53. The Bertz CT molecular complexity index is 2860. The van der Waals surface area contributed by atoms with Crippen LogP contribution in [0.15, 0.2) is 38.0 Å². The second-order valence-corrected chi connectivity index (χ2v) is 17.9. The molecule has 3 aliphatic rings. The first-order valence-electron chi connectivity index (χ1n) is 19.8. The first kappa shape index (κ1) is 46.6. The van der Waals surface area contributed by atoms with Crippen LogP contribution in [-0.2, 0) is 55.7 Å². The number of carbonyl (C=O) groups is 1. The Balaban J connectivity index is 0.922. The number of imidazole rings is 3. The van der Waals surface area contributed by atoms with E-state index in [9.17, 15) is 39.0 Å². The number of fused-ring (bicyclic) bond motifs is 3. The lowest BCUT2D eigenvalue weighted by Gasteiger charge is -2.26. The van der Waals surface area contributed by atoms with Crippen LogP contribution in [0.25, 0.3) is 33.5 Å². The van der Waals surface area contributed by atoms with Crippen LogP contribution >= 0.6 is 15.6 Å². The fourth-order valence-electron chi connectivity index (χ4n) is 7.96. The van der Waals surface area contributed by atoms with E-state index < -0.39 is 102 Å². The molecule has 6 aromatic rings. The summed E-state index contributed by atoms with van der Waals surface area (Å²) in [7, 11) is -9.24. The van der Waals surface area contributed by atoms with Crippen molar-refractivity contribution in [2.75, 3.05) is 44.1 Å². The molecule has 0 radical (unpaired) electrons. The first-order chi connectivity index (χ1) is 32.1. The number of anilines is 3. The van der Waals surface area contributed by atoms with E-state index in [1.165, 1.54) is 46.1 Å². The van der Waals surface area contributed by atoms with E-state index in [0.717, 1.165) is 12.7 Å². The molecule has 0 saturated carbocycles. The topological polar surface area (TPSA) is 444 Å². The zero-order valence-corrected chi connectivity index (χ0v) is 36.2. The summed E-state index contributed by atoms with van der Waals surface area (Å²) in [6.45, 7) is -1.64. The van der Waals surface area contributed by atoms with Gasteiger partial charge in [0.1, 0.15) is 84.4 Å². The van der Waals surface area contributed by atoms with Crippen LogP contribution < -0.4 is 17.2 Å². The molecule has 0 aromatic carbocycles. The first-order valence-corrected chi connectivity index (χ1v) is 22.8. The van der Waals surface area contributed by atoms with E-state index in [1.54, 1.807) is 0 Å². The van der Waals surface area contributed by atoms with E-state index >= 15 is 0 Å². The minimum absolute atomic E-state index is 0.0244. The van der Waals surface area contributed by atoms with Gasteiger partial charge in [-0.25, -0.2) is 54.0 Å². The molecule has 0 bridgehead atoms. The smallest absolute Gasteiger partial charge is 0.468 e. The Labute approximate surface area is 374 Å². The largest absolute Gasteiger partial charge is 0.472 e. The average molecular weight is 982 g/mol. The van der Waals surface area contributed by atoms with Gasteiger partial charge >= 0.3 is 15.6 Å². The average Bonchev–Trinajstić information content (AvgIpc) is 4.16. The summed E-state index contributed by atoms with van der Waals surface area (Å²) in [5.41, 5.74) is 18.6. The summed E-state index contributed by atoms with van der Waals surface area (Å²) in [5.74, 6) is 0.0287. The van der Waals surface area contributed by atoms with Gasteiger partial charge in [0.15, 0.2) is 53.1 Å². The monoisotopic (exact) mass is 981 g/mol. The van der Waals surface area contributed by atoms with Crippen LogP contribution in [-0.4, -0.2) is 172 Å². The summed E-state index contributed by atoms with van der Waals surface area (Å²) in [4.78, 5) is 69.8. The van der Waals surface area contributed by atoms with Crippen molar-refractivity contribution in [3.8, 4) is 0 Å². The number of aromatic nitrogens is 12. The number of phosphoric ester groups is 2. The molecule has 67 heavy (non-hydrogen) atoms. The Hall–Kier alpha value is -5.54. The number of carbonyl (C=O) groups excluding carboxylic acids is 1. The summed E-state index contributed by atoms with van der Waals surface area (Å²) in [5, 5.41) is 33.4. The Morgan fingerprint density at radius 1 is 0.612 bits per heavy atom.